The first-order chi connectivity index (χ1) is 17.8. The molecule has 3 aliphatic heterocycles. The predicted octanol–water partition coefficient (Wildman–Crippen LogP) is 5.93. The molecule has 0 aliphatic carbocycles. The zero-order valence-corrected chi connectivity index (χ0v) is 21.0. The van der Waals surface area contributed by atoms with E-state index in [0.717, 1.165) is 25.9 Å². The summed E-state index contributed by atoms with van der Waals surface area (Å²) in [5, 5.41) is 3.59. The van der Waals surface area contributed by atoms with Gasteiger partial charge in [-0.2, -0.15) is 0 Å². The van der Waals surface area contributed by atoms with Gasteiger partial charge in [-0.1, -0.05) is 35.9 Å². The van der Waals surface area contributed by atoms with Gasteiger partial charge in [-0.3, -0.25) is 4.79 Å². The van der Waals surface area contributed by atoms with Crippen molar-refractivity contribution < 1.29 is 27.6 Å². The van der Waals surface area contributed by atoms with E-state index in [0.29, 0.717) is 45.2 Å². The number of ether oxygens (including phenoxy) is 1. The van der Waals surface area contributed by atoms with Crippen LogP contribution in [-0.4, -0.2) is 48.6 Å². The van der Waals surface area contributed by atoms with Crippen molar-refractivity contribution in [2.24, 2.45) is 5.92 Å². The minimum absolute atomic E-state index is 0.0515. The topological polar surface area (TPSA) is 55.4 Å². The number of halogens is 3. The van der Waals surface area contributed by atoms with Gasteiger partial charge in [0, 0.05) is 23.4 Å². The molecule has 8 heteroatoms. The van der Waals surface area contributed by atoms with E-state index in [-0.39, 0.29) is 11.8 Å². The molecule has 192 valence electrons. The van der Waals surface area contributed by atoms with Crippen LogP contribution in [0.2, 0.25) is 5.02 Å². The first-order valence-corrected chi connectivity index (χ1v) is 12.8. The van der Waals surface area contributed by atoms with Crippen LogP contribution in [0.4, 0.5) is 13.6 Å². The maximum Gasteiger partial charge on any atom is 0.408 e. The average Bonchev–Trinajstić information content (AvgIpc) is 2.88. The molecular formula is C29H28ClF2N2O3+. The Labute approximate surface area is 219 Å². The number of piperidine rings is 3. The lowest BCUT2D eigenvalue weighted by atomic mass is 9.81. The summed E-state index contributed by atoms with van der Waals surface area (Å²) in [4.78, 5) is 26.1. The molecule has 1 N–H and O–H groups in total. The number of hydrogen-bond donors (Lipinski definition) is 1. The van der Waals surface area contributed by atoms with E-state index in [1.165, 1.54) is 36.4 Å². The summed E-state index contributed by atoms with van der Waals surface area (Å²) in [6.07, 6.45) is 0.174. The van der Waals surface area contributed by atoms with Gasteiger partial charge in [0.2, 0.25) is 5.78 Å². The van der Waals surface area contributed by atoms with Gasteiger partial charge in [0.15, 0.2) is 6.10 Å². The largest absolute Gasteiger partial charge is 0.436 e. The quantitative estimate of drug-likeness (QED) is 0.307. The lowest BCUT2D eigenvalue weighted by molar-refractivity contribution is -0.936. The Bertz CT molecular complexity index is 1250. The Morgan fingerprint density at radius 1 is 0.946 bits per heavy atom. The Morgan fingerprint density at radius 2 is 1.54 bits per heavy atom. The van der Waals surface area contributed by atoms with E-state index < -0.39 is 23.8 Å². The molecule has 5 nitrogen and oxygen atoms in total. The molecule has 1 amide bonds. The Kier molecular flexibility index (Phi) is 7.26. The standard InChI is InChI=1S/C29H27ClF2N2O3/c30-23-9-7-20(8-10-23)27(35)18-34-13-11-19(12-14-34)26(17-34)33-29(36)37-28(21-3-1-5-24(31)15-21)22-4-2-6-25(32)16-22/h1-10,15-16,19,26,28H,11-14,17-18H2/p+1. The number of alkyl carbamates (subject to hydrolysis) is 1. The van der Waals surface area contributed by atoms with E-state index in [9.17, 15) is 18.4 Å². The minimum Gasteiger partial charge on any atom is -0.436 e. The second-order valence-electron chi connectivity index (χ2n) is 10.0. The molecule has 3 saturated heterocycles. The first kappa shape index (κ1) is 25.4. The van der Waals surface area contributed by atoms with E-state index in [1.807, 2.05) is 0 Å². The third-order valence-corrected chi connectivity index (χ3v) is 7.83. The van der Waals surface area contributed by atoms with E-state index >= 15 is 0 Å². The molecule has 6 rings (SSSR count). The number of Topliss-reactive ketones (excluding diaryl/α,β-unsaturated/α-hetero) is 1. The summed E-state index contributed by atoms with van der Waals surface area (Å²) < 4.78 is 34.3. The lowest BCUT2D eigenvalue weighted by Crippen LogP contribution is -2.68. The molecule has 37 heavy (non-hydrogen) atoms. The van der Waals surface area contributed by atoms with Crippen LogP contribution < -0.4 is 5.32 Å². The fourth-order valence-electron chi connectivity index (χ4n) is 5.66. The van der Waals surface area contributed by atoms with Crippen molar-refractivity contribution in [3.63, 3.8) is 0 Å². The van der Waals surface area contributed by atoms with Crippen LogP contribution in [0.5, 0.6) is 0 Å². The van der Waals surface area contributed by atoms with Crippen LogP contribution in [0, 0.1) is 17.6 Å². The zero-order chi connectivity index (χ0) is 26.0. The summed E-state index contributed by atoms with van der Waals surface area (Å²) in [5.41, 5.74) is 1.44. The van der Waals surface area contributed by atoms with E-state index in [2.05, 4.69) is 5.32 Å². The van der Waals surface area contributed by atoms with Crippen LogP contribution in [0.3, 0.4) is 0 Å². The van der Waals surface area contributed by atoms with Crippen molar-refractivity contribution in [2.45, 2.75) is 25.0 Å². The smallest absolute Gasteiger partial charge is 0.408 e. The van der Waals surface area contributed by atoms with Crippen molar-refractivity contribution in [1.29, 1.82) is 0 Å². The molecule has 0 spiro atoms. The number of benzene rings is 3. The Morgan fingerprint density at radius 3 is 2.11 bits per heavy atom. The van der Waals surface area contributed by atoms with E-state index in [1.54, 1.807) is 36.4 Å². The van der Waals surface area contributed by atoms with Crippen molar-refractivity contribution in [3.05, 3.63) is 106 Å². The molecule has 0 saturated carbocycles. The van der Waals surface area contributed by atoms with Crippen LogP contribution in [-0.2, 0) is 4.74 Å². The van der Waals surface area contributed by atoms with Gasteiger partial charge in [-0.25, -0.2) is 13.6 Å². The molecule has 3 aromatic carbocycles. The fourth-order valence-corrected chi connectivity index (χ4v) is 5.79. The number of fused-ring (bicyclic) bond motifs is 3. The van der Waals surface area contributed by atoms with Crippen LogP contribution in [0.15, 0.2) is 72.8 Å². The summed E-state index contributed by atoms with van der Waals surface area (Å²) in [7, 11) is 0. The highest BCUT2D eigenvalue weighted by Crippen LogP contribution is 2.35. The van der Waals surface area contributed by atoms with E-state index in [4.69, 9.17) is 16.3 Å². The maximum absolute atomic E-state index is 14.0. The number of rotatable bonds is 7. The monoisotopic (exact) mass is 525 g/mol. The van der Waals surface area contributed by atoms with Crippen molar-refractivity contribution >= 4 is 23.5 Å². The number of nitrogens with one attached hydrogen (secondary N) is 1. The molecule has 3 aliphatic rings. The molecule has 1 unspecified atom stereocenters. The molecule has 0 aromatic heterocycles. The molecule has 3 aromatic rings. The summed E-state index contributed by atoms with van der Waals surface area (Å²) in [6, 6.07) is 18.2. The lowest BCUT2D eigenvalue weighted by Gasteiger charge is -2.52. The second kappa shape index (κ2) is 10.6. The predicted molar refractivity (Wildman–Crippen MR) is 136 cm³/mol. The number of nitrogens with zero attached hydrogens (tertiary/aromatic N) is 1. The van der Waals surface area contributed by atoms with Crippen molar-refractivity contribution in [1.82, 2.24) is 5.32 Å². The third-order valence-electron chi connectivity index (χ3n) is 7.58. The Balaban J connectivity index is 1.29. The molecule has 3 heterocycles. The first-order valence-electron chi connectivity index (χ1n) is 12.4. The number of hydrogen-bond acceptors (Lipinski definition) is 3. The molecule has 0 radical (unpaired) electrons. The molecule has 3 fully saturated rings. The number of amides is 1. The minimum atomic E-state index is -0.970. The van der Waals surface area contributed by atoms with Gasteiger partial charge in [-0.15, -0.1) is 0 Å². The molecular weight excluding hydrogens is 498 g/mol. The van der Waals surface area contributed by atoms with Crippen LogP contribution in [0.25, 0.3) is 0 Å². The van der Waals surface area contributed by atoms with Gasteiger partial charge in [0.05, 0.1) is 25.7 Å². The van der Waals surface area contributed by atoms with Gasteiger partial charge in [0.25, 0.3) is 0 Å². The van der Waals surface area contributed by atoms with Gasteiger partial charge < -0.3 is 14.5 Å². The summed E-state index contributed by atoms with van der Waals surface area (Å²) in [5.74, 6) is -0.607. The number of carbonyl (C=O) groups excluding carboxylic acids is 2. The molecule has 1 atom stereocenters. The van der Waals surface area contributed by atoms with Gasteiger partial charge in [-0.05, 0) is 65.6 Å². The number of quaternary nitrogens is 1. The normalized spacial score (nSPS) is 22.6. The number of carbonyl (C=O) groups is 2. The van der Waals surface area contributed by atoms with Crippen molar-refractivity contribution in [3.8, 4) is 0 Å². The average molecular weight is 526 g/mol. The summed E-state index contributed by atoms with van der Waals surface area (Å²) >= 11 is 5.96. The highest BCUT2D eigenvalue weighted by atomic mass is 35.5. The number of ketones is 1. The fraction of sp³-hybridized carbons (Fsp3) is 0.310. The van der Waals surface area contributed by atoms with Gasteiger partial charge >= 0.3 is 6.09 Å². The highest BCUT2D eigenvalue weighted by Gasteiger charge is 2.47. The second-order valence-corrected chi connectivity index (χ2v) is 10.5. The summed E-state index contributed by atoms with van der Waals surface area (Å²) in [6.45, 7) is 2.75. The Hall–Kier alpha value is -3.29. The zero-order valence-electron chi connectivity index (χ0n) is 20.2. The van der Waals surface area contributed by atoms with Crippen LogP contribution in [0.1, 0.15) is 40.4 Å². The van der Waals surface area contributed by atoms with Crippen molar-refractivity contribution in [2.75, 3.05) is 26.2 Å². The van der Waals surface area contributed by atoms with Gasteiger partial charge in [0.1, 0.15) is 18.2 Å². The SMILES string of the molecule is O=C(NC1C[N+]2(CC(=O)c3ccc(Cl)cc3)CCC1CC2)OC(c1cccc(F)c1)c1cccc(F)c1. The van der Waals surface area contributed by atoms with Crippen LogP contribution >= 0.6 is 11.6 Å². The highest BCUT2D eigenvalue weighted by molar-refractivity contribution is 6.30. The third kappa shape index (κ3) is 5.84. The molecule has 2 bridgehead atoms. The maximum atomic E-state index is 14.0.